The molecule has 2 aromatic rings. The fourth-order valence-electron chi connectivity index (χ4n) is 2.54. The Morgan fingerprint density at radius 2 is 2.04 bits per heavy atom. The zero-order chi connectivity index (χ0) is 17.6. The second-order valence-electron chi connectivity index (χ2n) is 5.68. The Hall–Kier alpha value is -2.80. The summed E-state index contributed by atoms with van der Waals surface area (Å²) in [5, 5.41) is 2.87. The quantitative estimate of drug-likeness (QED) is 0.923. The number of nitrogens with zero attached hydrogens (tertiary/aromatic N) is 2. The Morgan fingerprint density at radius 1 is 1.28 bits per heavy atom. The second-order valence-corrected chi connectivity index (χ2v) is 5.68. The van der Waals surface area contributed by atoms with Crippen LogP contribution in [0.3, 0.4) is 0 Å². The number of carbonyl (C=O) groups excluding carboxylic acids is 1. The number of carbonyl (C=O) groups is 1. The number of nitrogens with one attached hydrogen (secondary N) is 1. The molecule has 1 fully saturated rings. The fourth-order valence-corrected chi connectivity index (χ4v) is 2.54. The monoisotopic (exact) mass is 343 g/mol. The third kappa shape index (κ3) is 4.19. The van der Waals surface area contributed by atoms with Crippen LogP contribution in [0.25, 0.3) is 0 Å². The first kappa shape index (κ1) is 17.0. The lowest BCUT2D eigenvalue weighted by atomic mass is 10.3. The molecule has 7 nitrogen and oxygen atoms in total. The smallest absolute Gasteiger partial charge is 0.322 e. The van der Waals surface area contributed by atoms with Crippen LogP contribution >= 0.6 is 0 Å². The number of pyridine rings is 1. The molecule has 1 atom stereocenters. The Labute approximate surface area is 146 Å². The van der Waals surface area contributed by atoms with Crippen molar-refractivity contribution in [3.05, 3.63) is 42.6 Å². The summed E-state index contributed by atoms with van der Waals surface area (Å²) in [6.07, 6.45) is 1.62. The summed E-state index contributed by atoms with van der Waals surface area (Å²) in [5.41, 5.74) is 0.516. The van der Waals surface area contributed by atoms with E-state index in [1.54, 1.807) is 54.6 Å². The van der Waals surface area contributed by atoms with E-state index in [-0.39, 0.29) is 12.1 Å². The number of hydrogen-bond donors (Lipinski definition) is 1. The van der Waals surface area contributed by atoms with E-state index in [0.29, 0.717) is 37.1 Å². The maximum atomic E-state index is 12.5. The molecule has 1 saturated heterocycles. The predicted octanol–water partition coefficient (Wildman–Crippen LogP) is 3.14. The first-order valence-electron chi connectivity index (χ1n) is 8.09. The lowest BCUT2D eigenvalue weighted by Crippen LogP contribution is -2.48. The lowest BCUT2D eigenvalue weighted by Gasteiger charge is -2.33. The van der Waals surface area contributed by atoms with Gasteiger partial charge in [-0.1, -0.05) is 0 Å². The van der Waals surface area contributed by atoms with Crippen molar-refractivity contribution >= 4 is 11.7 Å². The molecule has 1 N–H and O–H groups in total. The van der Waals surface area contributed by atoms with Crippen molar-refractivity contribution < 1.29 is 19.0 Å². The van der Waals surface area contributed by atoms with Gasteiger partial charge in [-0.25, -0.2) is 9.78 Å². The average Bonchev–Trinajstić information content (AvgIpc) is 2.64. The molecule has 1 aromatic carbocycles. The molecule has 0 aliphatic carbocycles. The van der Waals surface area contributed by atoms with Gasteiger partial charge in [0.25, 0.3) is 0 Å². The fraction of sp³-hybridized carbons (Fsp3) is 0.333. The van der Waals surface area contributed by atoms with Crippen molar-refractivity contribution in [2.45, 2.75) is 13.0 Å². The van der Waals surface area contributed by atoms with Gasteiger partial charge in [0.1, 0.15) is 17.2 Å². The van der Waals surface area contributed by atoms with Crippen molar-refractivity contribution in [3.8, 4) is 17.4 Å². The van der Waals surface area contributed by atoms with Crippen LogP contribution in [-0.2, 0) is 4.74 Å². The molecule has 0 radical (unpaired) electrons. The maximum Gasteiger partial charge on any atom is 0.322 e. The third-order valence-corrected chi connectivity index (χ3v) is 3.92. The molecular formula is C18H21N3O4. The highest BCUT2D eigenvalue weighted by Gasteiger charge is 2.24. The molecule has 1 aliphatic heterocycles. The molecule has 1 aliphatic rings. The van der Waals surface area contributed by atoms with E-state index in [2.05, 4.69) is 10.3 Å². The molecule has 0 saturated carbocycles. The van der Waals surface area contributed by atoms with Crippen molar-refractivity contribution in [2.24, 2.45) is 0 Å². The Morgan fingerprint density at radius 3 is 2.76 bits per heavy atom. The average molecular weight is 343 g/mol. The van der Waals surface area contributed by atoms with Gasteiger partial charge in [-0.2, -0.15) is 0 Å². The number of anilines is 1. The molecule has 2 heterocycles. The van der Waals surface area contributed by atoms with Gasteiger partial charge in [-0.15, -0.1) is 0 Å². The standard InChI is InChI=1S/C18H21N3O4/c1-13-12-24-11-10-21(13)18(22)20-16-4-3-9-19-17(16)25-15-7-5-14(23-2)6-8-15/h3-9,13H,10-12H2,1-2H3,(H,20,22)/t13-/m0/s1. The minimum atomic E-state index is -0.191. The molecule has 0 bridgehead atoms. The van der Waals surface area contributed by atoms with Crippen LogP contribution in [-0.4, -0.2) is 48.8 Å². The van der Waals surface area contributed by atoms with Gasteiger partial charge in [0.05, 0.1) is 26.4 Å². The first-order chi connectivity index (χ1) is 12.2. The van der Waals surface area contributed by atoms with Crippen LogP contribution < -0.4 is 14.8 Å². The minimum Gasteiger partial charge on any atom is -0.497 e. The van der Waals surface area contributed by atoms with Crippen LogP contribution in [0.15, 0.2) is 42.6 Å². The Kier molecular flexibility index (Phi) is 5.35. The van der Waals surface area contributed by atoms with E-state index in [9.17, 15) is 4.79 Å². The normalized spacial score (nSPS) is 17.0. The van der Waals surface area contributed by atoms with E-state index >= 15 is 0 Å². The van der Waals surface area contributed by atoms with E-state index in [1.165, 1.54) is 0 Å². The predicted molar refractivity (Wildman–Crippen MR) is 93.3 cm³/mol. The van der Waals surface area contributed by atoms with Crippen LogP contribution in [0.5, 0.6) is 17.4 Å². The third-order valence-electron chi connectivity index (χ3n) is 3.92. The SMILES string of the molecule is COc1ccc(Oc2ncccc2NC(=O)N2CCOC[C@@H]2C)cc1. The van der Waals surface area contributed by atoms with Gasteiger partial charge in [0, 0.05) is 12.7 Å². The largest absolute Gasteiger partial charge is 0.497 e. The summed E-state index contributed by atoms with van der Waals surface area (Å²) >= 11 is 0. The molecular weight excluding hydrogens is 322 g/mol. The highest BCUT2D eigenvalue weighted by Crippen LogP contribution is 2.28. The topological polar surface area (TPSA) is 72.9 Å². The molecule has 0 spiro atoms. The van der Waals surface area contributed by atoms with Gasteiger partial charge in [-0.05, 0) is 43.3 Å². The summed E-state index contributed by atoms with van der Waals surface area (Å²) in [6, 6.07) is 10.5. The summed E-state index contributed by atoms with van der Waals surface area (Å²) in [5.74, 6) is 1.68. The van der Waals surface area contributed by atoms with Crippen molar-refractivity contribution in [1.82, 2.24) is 9.88 Å². The first-order valence-corrected chi connectivity index (χ1v) is 8.09. The molecule has 1 aromatic heterocycles. The summed E-state index contributed by atoms with van der Waals surface area (Å²) < 4.78 is 16.3. The Balaban J connectivity index is 1.72. The number of methoxy groups -OCH3 is 1. The lowest BCUT2D eigenvalue weighted by molar-refractivity contribution is 0.0221. The molecule has 2 amide bonds. The van der Waals surface area contributed by atoms with E-state index < -0.39 is 0 Å². The summed E-state index contributed by atoms with van der Waals surface area (Å²) in [7, 11) is 1.61. The van der Waals surface area contributed by atoms with Crippen molar-refractivity contribution in [1.29, 1.82) is 0 Å². The number of ether oxygens (including phenoxy) is 3. The highest BCUT2D eigenvalue weighted by atomic mass is 16.5. The number of benzene rings is 1. The maximum absolute atomic E-state index is 12.5. The number of amides is 2. The minimum absolute atomic E-state index is 0.0244. The number of morpholine rings is 1. The van der Waals surface area contributed by atoms with Gasteiger partial charge in [0.2, 0.25) is 5.88 Å². The van der Waals surface area contributed by atoms with Crippen LogP contribution in [0.4, 0.5) is 10.5 Å². The number of urea groups is 1. The molecule has 25 heavy (non-hydrogen) atoms. The number of rotatable bonds is 4. The van der Waals surface area contributed by atoms with Gasteiger partial charge in [0.15, 0.2) is 0 Å². The van der Waals surface area contributed by atoms with Gasteiger partial charge < -0.3 is 24.4 Å². The molecule has 132 valence electrons. The van der Waals surface area contributed by atoms with Crippen LogP contribution in [0, 0.1) is 0 Å². The molecule has 7 heteroatoms. The molecule has 3 rings (SSSR count). The van der Waals surface area contributed by atoms with Crippen molar-refractivity contribution in [2.75, 3.05) is 32.2 Å². The zero-order valence-corrected chi connectivity index (χ0v) is 14.3. The summed E-state index contributed by atoms with van der Waals surface area (Å²) in [4.78, 5) is 18.5. The number of aromatic nitrogens is 1. The van der Waals surface area contributed by atoms with E-state index in [0.717, 1.165) is 5.75 Å². The molecule has 0 unspecified atom stereocenters. The van der Waals surface area contributed by atoms with Crippen molar-refractivity contribution in [3.63, 3.8) is 0 Å². The van der Waals surface area contributed by atoms with E-state index in [1.807, 2.05) is 6.92 Å². The van der Waals surface area contributed by atoms with E-state index in [4.69, 9.17) is 14.2 Å². The van der Waals surface area contributed by atoms with Gasteiger partial charge in [-0.3, -0.25) is 0 Å². The Bertz CT molecular complexity index is 721. The van der Waals surface area contributed by atoms with Crippen LogP contribution in [0.1, 0.15) is 6.92 Å². The van der Waals surface area contributed by atoms with Crippen LogP contribution in [0.2, 0.25) is 0 Å². The second kappa shape index (κ2) is 7.85. The summed E-state index contributed by atoms with van der Waals surface area (Å²) in [6.45, 7) is 3.59. The number of hydrogen-bond acceptors (Lipinski definition) is 5. The zero-order valence-electron chi connectivity index (χ0n) is 14.3. The highest BCUT2D eigenvalue weighted by molar-refractivity contribution is 5.90. The van der Waals surface area contributed by atoms with Gasteiger partial charge >= 0.3 is 6.03 Å².